The first-order chi connectivity index (χ1) is 9.38. The Morgan fingerprint density at radius 1 is 1.25 bits per heavy atom. The summed E-state index contributed by atoms with van der Waals surface area (Å²) in [5, 5.41) is 22.2. The highest BCUT2D eigenvalue weighted by atomic mass is 16.5. The number of aliphatic hydroxyl groups excluding tert-OH is 1. The number of carboxylic acid groups (broad SMARTS) is 1. The van der Waals surface area contributed by atoms with Gasteiger partial charge in [-0.3, -0.25) is 0 Å². The molecule has 7 heteroatoms. The highest BCUT2D eigenvalue weighted by molar-refractivity contribution is 5.89. The highest BCUT2D eigenvalue weighted by Gasteiger charge is 2.13. The first kappa shape index (κ1) is 15.8. The summed E-state index contributed by atoms with van der Waals surface area (Å²) in [5.41, 5.74) is 0.531. The molecule has 0 radical (unpaired) electrons. The topological polar surface area (TPSA) is 108 Å². The quantitative estimate of drug-likeness (QED) is 0.623. The van der Waals surface area contributed by atoms with Crippen LogP contribution in [0.2, 0.25) is 0 Å². The van der Waals surface area contributed by atoms with Crippen LogP contribution in [-0.2, 0) is 4.79 Å². The van der Waals surface area contributed by atoms with E-state index in [1.54, 1.807) is 24.3 Å². The van der Waals surface area contributed by atoms with Gasteiger partial charge in [0, 0.05) is 5.69 Å². The van der Waals surface area contributed by atoms with Gasteiger partial charge < -0.3 is 25.6 Å². The summed E-state index contributed by atoms with van der Waals surface area (Å²) >= 11 is 0. The summed E-state index contributed by atoms with van der Waals surface area (Å²) in [6.07, 6.45) is -1.56. The minimum absolute atomic E-state index is 0.0645. The maximum absolute atomic E-state index is 11.4. The number of nitrogens with one attached hydrogen (secondary N) is 2. The van der Waals surface area contributed by atoms with Crippen molar-refractivity contribution in [2.24, 2.45) is 0 Å². The lowest BCUT2D eigenvalue weighted by atomic mass is 10.3. The van der Waals surface area contributed by atoms with E-state index in [9.17, 15) is 9.59 Å². The molecule has 0 aliphatic heterocycles. The molecule has 0 fully saturated rings. The van der Waals surface area contributed by atoms with Crippen molar-refractivity contribution in [3.63, 3.8) is 0 Å². The van der Waals surface area contributed by atoms with Gasteiger partial charge in [-0.1, -0.05) is 0 Å². The molecule has 0 aliphatic carbocycles. The lowest BCUT2D eigenvalue weighted by Gasteiger charge is -2.11. The molecule has 1 aromatic carbocycles. The Kier molecular flexibility index (Phi) is 5.79. The number of carboxylic acids is 1. The molecule has 2 amide bonds. The molecule has 0 aromatic heterocycles. The summed E-state index contributed by atoms with van der Waals surface area (Å²) in [5.74, 6) is -0.701. The van der Waals surface area contributed by atoms with Crippen molar-refractivity contribution in [3.05, 3.63) is 24.3 Å². The molecule has 7 nitrogen and oxygen atoms in total. The number of hydrogen-bond donors (Lipinski definition) is 4. The Labute approximate surface area is 116 Å². The number of carbonyl (C=O) groups is 2. The molecule has 0 saturated heterocycles. The summed E-state index contributed by atoms with van der Waals surface area (Å²) in [6.45, 7) is 3.45. The fourth-order valence-electron chi connectivity index (χ4n) is 1.34. The number of amides is 2. The van der Waals surface area contributed by atoms with E-state index in [1.165, 1.54) is 0 Å². The van der Waals surface area contributed by atoms with Crippen LogP contribution in [-0.4, -0.2) is 41.0 Å². The third-order valence-electron chi connectivity index (χ3n) is 2.22. The Hall–Kier alpha value is -2.28. The van der Waals surface area contributed by atoms with Crippen molar-refractivity contribution in [1.29, 1.82) is 0 Å². The Balaban J connectivity index is 2.44. The van der Waals surface area contributed by atoms with Crippen LogP contribution in [0.1, 0.15) is 13.8 Å². The van der Waals surface area contributed by atoms with E-state index < -0.39 is 18.1 Å². The second-order valence-corrected chi connectivity index (χ2v) is 4.38. The third-order valence-corrected chi connectivity index (χ3v) is 2.22. The van der Waals surface area contributed by atoms with Gasteiger partial charge in [0.05, 0.1) is 12.6 Å². The Morgan fingerprint density at radius 2 is 1.85 bits per heavy atom. The average molecular weight is 282 g/mol. The third kappa shape index (κ3) is 5.57. The molecule has 1 rings (SSSR count). The molecule has 0 saturated carbocycles. The summed E-state index contributed by atoms with van der Waals surface area (Å²) < 4.78 is 5.45. The molecule has 0 aliphatic rings. The van der Waals surface area contributed by atoms with E-state index in [2.05, 4.69) is 10.6 Å². The SMILES string of the molecule is CC(C)Oc1ccc(NC(=O)NCC(O)C(=O)O)cc1. The predicted octanol–water partition coefficient (Wildman–Crippen LogP) is 1.04. The minimum atomic E-state index is -1.62. The van der Waals surface area contributed by atoms with Gasteiger partial charge in [0.15, 0.2) is 6.10 Å². The van der Waals surface area contributed by atoms with Crippen molar-refractivity contribution >= 4 is 17.7 Å². The van der Waals surface area contributed by atoms with Crippen LogP contribution in [0, 0.1) is 0 Å². The van der Waals surface area contributed by atoms with Crippen molar-refractivity contribution in [2.75, 3.05) is 11.9 Å². The van der Waals surface area contributed by atoms with Crippen LogP contribution < -0.4 is 15.4 Å². The van der Waals surface area contributed by atoms with Gasteiger partial charge in [0.1, 0.15) is 5.75 Å². The van der Waals surface area contributed by atoms with Crippen molar-refractivity contribution in [3.8, 4) is 5.75 Å². The van der Waals surface area contributed by atoms with Gasteiger partial charge in [-0.25, -0.2) is 9.59 Å². The molecule has 110 valence electrons. The number of hydrogen-bond acceptors (Lipinski definition) is 4. The summed E-state index contributed by atoms with van der Waals surface area (Å²) in [7, 11) is 0. The summed E-state index contributed by atoms with van der Waals surface area (Å²) in [4.78, 5) is 21.8. The van der Waals surface area contributed by atoms with E-state index >= 15 is 0 Å². The van der Waals surface area contributed by atoms with Crippen molar-refractivity contribution in [2.45, 2.75) is 26.1 Å². The lowest BCUT2D eigenvalue weighted by molar-refractivity contribution is -0.146. The van der Waals surface area contributed by atoms with Gasteiger partial charge >= 0.3 is 12.0 Å². The van der Waals surface area contributed by atoms with Crippen LogP contribution in [0.3, 0.4) is 0 Å². The fraction of sp³-hybridized carbons (Fsp3) is 0.385. The number of benzene rings is 1. The van der Waals surface area contributed by atoms with Gasteiger partial charge in [-0.05, 0) is 38.1 Å². The number of rotatable bonds is 6. The average Bonchev–Trinajstić information content (AvgIpc) is 2.37. The largest absolute Gasteiger partial charge is 0.491 e. The van der Waals surface area contributed by atoms with Crippen LogP contribution in [0.15, 0.2) is 24.3 Å². The molecule has 0 heterocycles. The standard InChI is InChI=1S/C13H18N2O5/c1-8(2)20-10-5-3-9(4-6-10)15-13(19)14-7-11(16)12(17)18/h3-6,8,11,16H,7H2,1-2H3,(H,17,18)(H2,14,15,19). The minimum Gasteiger partial charge on any atom is -0.491 e. The zero-order valence-electron chi connectivity index (χ0n) is 11.3. The van der Waals surface area contributed by atoms with Gasteiger partial charge in [0.2, 0.25) is 0 Å². The lowest BCUT2D eigenvalue weighted by Crippen LogP contribution is -2.38. The normalized spacial score (nSPS) is 11.8. The number of ether oxygens (including phenoxy) is 1. The van der Waals surface area contributed by atoms with Crippen LogP contribution in [0.25, 0.3) is 0 Å². The maximum atomic E-state index is 11.4. The second-order valence-electron chi connectivity index (χ2n) is 4.38. The van der Waals surface area contributed by atoms with E-state index in [0.29, 0.717) is 11.4 Å². The van der Waals surface area contributed by atoms with Crippen molar-refractivity contribution in [1.82, 2.24) is 5.32 Å². The fourth-order valence-corrected chi connectivity index (χ4v) is 1.34. The molecule has 0 spiro atoms. The van der Waals surface area contributed by atoms with Gasteiger partial charge in [-0.15, -0.1) is 0 Å². The number of anilines is 1. The molecule has 1 aromatic rings. The van der Waals surface area contributed by atoms with E-state index in [1.807, 2.05) is 13.8 Å². The number of carbonyl (C=O) groups excluding carboxylic acids is 1. The van der Waals surface area contributed by atoms with E-state index in [0.717, 1.165) is 0 Å². The van der Waals surface area contributed by atoms with Gasteiger partial charge in [0.25, 0.3) is 0 Å². The molecule has 1 unspecified atom stereocenters. The highest BCUT2D eigenvalue weighted by Crippen LogP contribution is 2.16. The number of aliphatic hydroxyl groups is 1. The maximum Gasteiger partial charge on any atom is 0.334 e. The van der Waals surface area contributed by atoms with Gasteiger partial charge in [-0.2, -0.15) is 0 Å². The smallest absolute Gasteiger partial charge is 0.334 e. The number of urea groups is 1. The zero-order chi connectivity index (χ0) is 15.1. The second kappa shape index (κ2) is 7.34. The van der Waals surface area contributed by atoms with E-state index in [4.69, 9.17) is 14.9 Å². The molecule has 4 N–H and O–H groups in total. The van der Waals surface area contributed by atoms with Crippen LogP contribution >= 0.6 is 0 Å². The Morgan fingerprint density at radius 3 is 2.35 bits per heavy atom. The zero-order valence-corrected chi connectivity index (χ0v) is 11.3. The van der Waals surface area contributed by atoms with Crippen molar-refractivity contribution < 1.29 is 24.5 Å². The summed E-state index contributed by atoms with van der Waals surface area (Å²) in [6, 6.07) is 6.14. The van der Waals surface area contributed by atoms with Crippen LogP contribution in [0.5, 0.6) is 5.75 Å². The molecule has 20 heavy (non-hydrogen) atoms. The molecular formula is C13H18N2O5. The molecule has 0 bridgehead atoms. The first-order valence-corrected chi connectivity index (χ1v) is 6.11. The monoisotopic (exact) mass is 282 g/mol. The number of aliphatic carboxylic acids is 1. The predicted molar refractivity (Wildman–Crippen MR) is 72.9 cm³/mol. The van der Waals surface area contributed by atoms with Crippen LogP contribution in [0.4, 0.5) is 10.5 Å². The Bertz CT molecular complexity index is 458. The molecular weight excluding hydrogens is 264 g/mol. The molecule has 1 atom stereocenters. The first-order valence-electron chi connectivity index (χ1n) is 6.11. The van der Waals surface area contributed by atoms with E-state index in [-0.39, 0.29) is 12.6 Å².